The second-order valence-corrected chi connectivity index (χ2v) is 9.89. The van der Waals surface area contributed by atoms with Gasteiger partial charge in [0.15, 0.2) is 0 Å². The van der Waals surface area contributed by atoms with Gasteiger partial charge in [0.1, 0.15) is 0 Å². The molecule has 0 aromatic heterocycles. The highest BCUT2D eigenvalue weighted by Crippen LogP contribution is 2.32. The fourth-order valence-electron chi connectivity index (χ4n) is 4.79. The Labute approximate surface area is 258 Å². The van der Waals surface area contributed by atoms with Crippen molar-refractivity contribution in [2.24, 2.45) is 5.92 Å². The van der Waals surface area contributed by atoms with Crippen molar-refractivity contribution in [1.29, 1.82) is 0 Å². The van der Waals surface area contributed by atoms with Crippen molar-refractivity contribution in [3.8, 4) is 12.3 Å². The SMILES string of the molecule is C.C#CC.CC.CC1CC(=O)N(c2cccc3ccccc23)C(=O)N(C)C1CN(C)C(=O)NC/C=C\C=C1\C=CC=CC1. The molecular formula is C36H48N4O3. The van der Waals surface area contributed by atoms with Crippen molar-refractivity contribution in [3.63, 3.8) is 0 Å². The summed E-state index contributed by atoms with van der Waals surface area (Å²) < 4.78 is 0. The van der Waals surface area contributed by atoms with Crippen molar-refractivity contribution in [2.45, 2.75) is 54.0 Å². The highest BCUT2D eigenvalue weighted by Gasteiger charge is 2.39. The van der Waals surface area contributed by atoms with E-state index in [1.165, 1.54) is 10.5 Å². The van der Waals surface area contributed by atoms with E-state index in [1.54, 1.807) is 36.9 Å². The molecule has 5 amide bonds. The number of benzene rings is 2. The number of anilines is 1. The van der Waals surface area contributed by atoms with E-state index in [-0.39, 0.29) is 43.8 Å². The monoisotopic (exact) mass is 584 g/mol. The minimum Gasteiger partial charge on any atom is -0.335 e. The lowest BCUT2D eigenvalue weighted by Gasteiger charge is -2.34. The van der Waals surface area contributed by atoms with Crippen LogP contribution in [0.5, 0.6) is 0 Å². The Morgan fingerprint density at radius 3 is 2.49 bits per heavy atom. The van der Waals surface area contributed by atoms with Crippen LogP contribution in [0.2, 0.25) is 0 Å². The van der Waals surface area contributed by atoms with E-state index in [9.17, 15) is 14.4 Å². The van der Waals surface area contributed by atoms with Gasteiger partial charge in [0.2, 0.25) is 5.91 Å². The average Bonchev–Trinajstić information content (AvgIpc) is 3.08. The highest BCUT2D eigenvalue weighted by molar-refractivity contribution is 6.19. The molecule has 2 atom stereocenters. The predicted molar refractivity (Wildman–Crippen MR) is 181 cm³/mol. The Morgan fingerprint density at radius 1 is 1.14 bits per heavy atom. The molecule has 2 aromatic rings. The molecule has 7 nitrogen and oxygen atoms in total. The number of urea groups is 2. The molecule has 0 spiro atoms. The number of nitrogens with zero attached hydrogens (tertiary/aromatic N) is 3. The van der Waals surface area contributed by atoms with Gasteiger partial charge >= 0.3 is 12.1 Å². The number of carbonyl (C=O) groups is 3. The maximum absolute atomic E-state index is 13.6. The van der Waals surface area contributed by atoms with Crippen LogP contribution in [0.15, 0.2) is 90.6 Å². The molecule has 43 heavy (non-hydrogen) atoms. The third-order valence-corrected chi connectivity index (χ3v) is 6.94. The van der Waals surface area contributed by atoms with Gasteiger partial charge in [-0.15, -0.1) is 12.3 Å². The number of likely N-dealkylation sites (N-methyl/N-ethyl adjacent to an activating group) is 2. The number of allylic oxidation sites excluding steroid dienone is 7. The lowest BCUT2D eigenvalue weighted by atomic mass is 9.97. The zero-order valence-corrected chi connectivity index (χ0v) is 25.7. The van der Waals surface area contributed by atoms with Crippen LogP contribution in [0.25, 0.3) is 10.8 Å². The number of amides is 5. The van der Waals surface area contributed by atoms with Gasteiger partial charge in [-0.25, -0.2) is 14.5 Å². The summed E-state index contributed by atoms with van der Waals surface area (Å²) >= 11 is 0. The molecule has 0 saturated carbocycles. The van der Waals surface area contributed by atoms with Crippen LogP contribution in [0.1, 0.15) is 48.0 Å². The van der Waals surface area contributed by atoms with Crippen LogP contribution >= 0.6 is 0 Å². The summed E-state index contributed by atoms with van der Waals surface area (Å²) in [7, 11) is 3.41. The zero-order valence-electron chi connectivity index (χ0n) is 25.7. The van der Waals surface area contributed by atoms with Gasteiger partial charge in [-0.3, -0.25) is 4.79 Å². The first-order valence-electron chi connectivity index (χ1n) is 14.4. The van der Waals surface area contributed by atoms with Crippen LogP contribution < -0.4 is 10.2 Å². The van der Waals surface area contributed by atoms with Gasteiger partial charge in [0.25, 0.3) is 0 Å². The molecule has 1 aliphatic heterocycles. The predicted octanol–water partition coefficient (Wildman–Crippen LogP) is 7.57. The first-order valence-corrected chi connectivity index (χ1v) is 14.4. The second kappa shape index (κ2) is 18.8. The van der Waals surface area contributed by atoms with Crippen LogP contribution in [-0.2, 0) is 4.79 Å². The number of nitrogens with one attached hydrogen (secondary N) is 1. The molecule has 0 radical (unpaired) electrons. The Balaban J connectivity index is 0.00000145. The van der Waals surface area contributed by atoms with Gasteiger partial charge in [-0.05, 0) is 36.3 Å². The highest BCUT2D eigenvalue weighted by atomic mass is 16.2. The van der Waals surface area contributed by atoms with Gasteiger partial charge < -0.3 is 15.1 Å². The first kappa shape index (κ1) is 36.5. The normalized spacial score (nSPS) is 18.6. The summed E-state index contributed by atoms with van der Waals surface area (Å²) in [5.41, 5.74) is 1.80. The van der Waals surface area contributed by atoms with Crippen molar-refractivity contribution < 1.29 is 14.4 Å². The Hall–Kier alpha value is -4.57. The topological polar surface area (TPSA) is 73.0 Å². The summed E-state index contributed by atoms with van der Waals surface area (Å²) in [4.78, 5) is 44.0. The molecule has 1 saturated heterocycles. The lowest BCUT2D eigenvalue weighted by Crippen LogP contribution is -2.51. The fourth-order valence-corrected chi connectivity index (χ4v) is 4.79. The number of hydrogen-bond donors (Lipinski definition) is 1. The van der Waals surface area contributed by atoms with Gasteiger partial charge in [-0.2, -0.15) is 0 Å². The molecule has 2 aliphatic rings. The number of rotatable bonds is 6. The third-order valence-electron chi connectivity index (χ3n) is 6.94. The van der Waals surface area contributed by atoms with E-state index in [0.29, 0.717) is 18.8 Å². The number of imide groups is 1. The van der Waals surface area contributed by atoms with Crippen molar-refractivity contribution in [3.05, 3.63) is 90.6 Å². The molecule has 4 rings (SSSR count). The lowest BCUT2D eigenvalue weighted by molar-refractivity contribution is -0.118. The number of hydrogen-bond acceptors (Lipinski definition) is 3. The van der Waals surface area contributed by atoms with Crippen LogP contribution in [-0.4, -0.2) is 61.0 Å². The maximum atomic E-state index is 13.6. The summed E-state index contributed by atoms with van der Waals surface area (Å²) in [6.07, 6.45) is 19.8. The van der Waals surface area contributed by atoms with Crippen LogP contribution in [0, 0.1) is 18.3 Å². The fraction of sp³-hybridized carbons (Fsp3) is 0.361. The van der Waals surface area contributed by atoms with E-state index in [1.807, 2.05) is 87.5 Å². The summed E-state index contributed by atoms with van der Waals surface area (Å²) in [5, 5.41) is 4.70. The summed E-state index contributed by atoms with van der Waals surface area (Å²) in [5.74, 6) is 1.89. The van der Waals surface area contributed by atoms with E-state index < -0.39 is 0 Å². The number of terminal acetylenes is 1. The molecule has 0 bridgehead atoms. The molecule has 2 unspecified atom stereocenters. The third kappa shape index (κ3) is 10.0. The Morgan fingerprint density at radius 2 is 1.81 bits per heavy atom. The summed E-state index contributed by atoms with van der Waals surface area (Å²) in [6, 6.07) is 12.4. The van der Waals surface area contributed by atoms with E-state index in [2.05, 4.69) is 29.8 Å². The molecule has 1 fully saturated rings. The van der Waals surface area contributed by atoms with Crippen LogP contribution in [0.3, 0.4) is 0 Å². The molecule has 7 heteroatoms. The number of carbonyl (C=O) groups excluding carboxylic acids is 3. The van der Waals surface area contributed by atoms with Gasteiger partial charge in [0, 0.05) is 39.0 Å². The molecule has 1 aliphatic carbocycles. The minimum atomic E-state index is -0.382. The number of fused-ring (bicyclic) bond motifs is 1. The van der Waals surface area contributed by atoms with Crippen LogP contribution in [0.4, 0.5) is 15.3 Å². The molecule has 230 valence electrons. The van der Waals surface area contributed by atoms with Gasteiger partial charge in [0.05, 0.1) is 11.7 Å². The van der Waals surface area contributed by atoms with E-state index in [4.69, 9.17) is 0 Å². The second-order valence-electron chi connectivity index (χ2n) is 9.89. The van der Waals surface area contributed by atoms with Gasteiger partial charge in [-0.1, -0.05) is 107 Å². The minimum absolute atomic E-state index is 0. The van der Waals surface area contributed by atoms with E-state index >= 15 is 0 Å². The molecular weight excluding hydrogens is 536 g/mol. The van der Waals surface area contributed by atoms with Crippen molar-refractivity contribution in [2.75, 3.05) is 32.1 Å². The molecule has 1 heterocycles. The largest absolute Gasteiger partial charge is 0.335 e. The van der Waals surface area contributed by atoms with E-state index in [0.717, 1.165) is 17.2 Å². The smallest absolute Gasteiger partial charge is 0.331 e. The average molecular weight is 585 g/mol. The quantitative estimate of drug-likeness (QED) is 0.356. The first-order chi connectivity index (χ1) is 20.3. The van der Waals surface area contributed by atoms with Crippen molar-refractivity contribution >= 4 is 34.4 Å². The standard InChI is InChI=1S/C30H34N4O3.C3H4.C2H6.CH4/c1-22-20-28(35)34(26-18-11-16-24-15-7-8-17-25(24)26)30(37)33(3)27(22)21-32(2)29(36)31-19-10-9-14-23-12-5-4-6-13-23;1-3-2;1-2;/h4-12,14-18,22,27H,13,19-21H2,1-3H3,(H,31,36);1H,2H3;1-2H3;1H4/b10-9-,23-14-;;;. The Kier molecular flexibility index (Phi) is 15.9. The Bertz CT molecular complexity index is 1380. The maximum Gasteiger partial charge on any atom is 0.331 e. The zero-order chi connectivity index (χ0) is 31.1. The molecule has 1 N–H and O–H groups in total. The molecule has 2 aromatic carbocycles. The summed E-state index contributed by atoms with van der Waals surface area (Å²) in [6.45, 7) is 8.32. The van der Waals surface area contributed by atoms with Crippen molar-refractivity contribution in [1.82, 2.24) is 15.1 Å².